The van der Waals surface area contributed by atoms with Crippen molar-refractivity contribution in [1.29, 1.82) is 0 Å². The number of nitrogens with two attached hydrogens (primary N) is 1. The molecule has 4 atom stereocenters. The van der Waals surface area contributed by atoms with Crippen molar-refractivity contribution in [2.75, 3.05) is 5.75 Å². The van der Waals surface area contributed by atoms with Crippen LogP contribution in [-0.4, -0.2) is 66.4 Å². The highest BCUT2D eigenvalue weighted by Gasteiger charge is 2.38. The number of aliphatic hydroxyl groups is 1. The predicted molar refractivity (Wildman–Crippen MR) is 176 cm³/mol. The number of aromatic nitrogens is 1. The van der Waals surface area contributed by atoms with Gasteiger partial charge in [0.05, 0.1) is 34.2 Å². The van der Waals surface area contributed by atoms with Crippen LogP contribution in [0.4, 0.5) is 0 Å². The summed E-state index contributed by atoms with van der Waals surface area (Å²) in [5, 5.41) is 15.9. The molecule has 0 spiro atoms. The molecule has 4 N–H and O–H groups in total. The Labute approximate surface area is 266 Å². The first kappa shape index (κ1) is 33.5. The third-order valence-electron chi connectivity index (χ3n) is 7.41. The number of nitrogens with one attached hydrogen (secondary N) is 1. The Kier molecular flexibility index (Phi) is 10.8. The largest absolute Gasteiger partial charge is 0.391 e. The molecule has 0 aliphatic rings. The molecule has 4 aromatic rings. The number of fused-ring (bicyclic) bond motifs is 1. The van der Waals surface area contributed by atoms with Crippen molar-refractivity contribution >= 4 is 39.4 Å². The highest BCUT2D eigenvalue weighted by molar-refractivity contribution is 7.85. The van der Waals surface area contributed by atoms with Crippen molar-refractivity contribution in [1.82, 2.24) is 15.2 Å². The quantitative estimate of drug-likeness (QED) is 0.218. The number of carbonyl (C=O) groups is 3. The molecule has 0 radical (unpaired) electrons. The SMILES string of the molecule is CC(=O)N([C@H](CS(=O)c1ccc2ccccc2n1)C(N)=O)[C@@H](Cc1ccccc1)[C@H](O)Cc1ccccc1C(=O)NC(C)(C)C. The van der Waals surface area contributed by atoms with Gasteiger partial charge in [-0.1, -0.05) is 72.8 Å². The summed E-state index contributed by atoms with van der Waals surface area (Å²) < 4.78 is 13.6. The summed E-state index contributed by atoms with van der Waals surface area (Å²) in [7, 11) is -1.80. The van der Waals surface area contributed by atoms with Gasteiger partial charge in [0.2, 0.25) is 11.8 Å². The summed E-state index contributed by atoms with van der Waals surface area (Å²) >= 11 is 0. The predicted octanol–water partition coefficient (Wildman–Crippen LogP) is 3.79. The third-order valence-corrected chi connectivity index (χ3v) is 8.72. The van der Waals surface area contributed by atoms with E-state index in [2.05, 4.69) is 10.3 Å². The topological polar surface area (TPSA) is 143 Å². The third kappa shape index (κ3) is 8.83. The van der Waals surface area contributed by atoms with E-state index in [1.807, 2.05) is 69.3 Å². The maximum absolute atomic E-state index is 13.6. The lowest BCUT2D eigenvalue weighted by Crippen LogP contribution is -2.58. The molecule has 9 nitrogen and oxygen atoms in total. The van der Waals surface area contributed by atoms with Crippen LogP contribution in [0.3, 0.4) is 0 Å². The van der Waals surface area contributed by atoms with Gasteiger partial charge in [-0.25, -0.2) is 4.98 Å². The van der Waals surface area contributed by atoms with Gasteiger partial charge in [-0.05, 0) is 56.5 Å². The van der Waals surface area contributed by atoms with Gasteiger partial charge in [0.25, 0.3) is 5.91 Å². The van der Waals surface area contributed by atoms with Gasteiger partial charge < -0.3 is 21.1 Å². The lowest BCUT2D eigenvalue weighted by Gasteiger charge is -2.39. The molecule has 3 amide bonds. The second-order valence-corrected chi connectivity index (χ2v) is 13.5. The number of amides is 3. The first-order chi connectivity index (χ1) is 21.3. The highest BCUT2D eigenvalue weighted by Crippen LogP contribution is 2.23. The van der Waals surface area contributed by atoms with Crippen LogP contribution in [0.25, 0.3) is 10.9 Å². The number of benzene rings is 3. The zero-order valence-corrected chi connectivity index (χ0v) is 26.8. The summed E-state index contributed by atoms with van der Waals surface area (Å²) in [6, 6.07) is 24.8. The number of rotatable bonds is 12. The Morgan fingerprint density at radius 1 is 0.911 bits per heavy atom. The zero-order valence-electron chi connectivity index (χ0n) is 26.0. The summed E-state index contributed by atoms with van der Waals surface area (Å²) in [5.41, 5.74) is 7.83. The minimum Gasteiger partial charge on any atom is -0.391 e. The fourth-order valence-corrected chi connectivity index (χ4v) is 6.55. The van der Waals surface area contributed by atoms with Gasteiger partial charge >= 0.3 is 0 Å². The molecule has 1 heterocycles. The van der Waals surface area contributed by atoms with Gasteiger partial charge in [0.1, 0.15) is 11.1 Å². The normalized spacial score (nSPS) is 14.2. The molecule has 0 saturated carbocycles. The molecule has 0 bridgehead atoms. The van der Waals surface area contributed by atoms with Crippen LogP contribution >= 0.6 is 0 Å². The van der Waals surface area contributed by atoms with E-state index < -0.39 is 46.3 Å². The van der Waals surface area contributed by atoms with E-state index in [1.54, 1.807) is 42.5 Å². The van der Waals surface area contributed by atoms with E-state index in [9.17, 15) is 23.7 Å². The molecule has 0 aliphatic heterocycles. The number of primary amides is 1. The minimum atomic E-state index is -1.80. The zero-order chi connectivity index (χ0) is 32.7. The Morgan fingerprint density at radius 2 is 1.56 bits per heavy atom. The number of nitrogens with zero attached hydrogens (tertiary/aromatic N) is 2. The van der Waals surface area contributed by atoms with Crippen LogP contribution in [0.2, 0.25) is 0 Å². The number of hydrogen-bond donors (Lipinski definition) is 3. The second kappa shape index (κ2) is 14.6. The van der Waals surface area contributed by atoms with Crippen molar-refractivity contribution in [3.63, 3.8) is 0 Å². The van der Waals surface area contributed by atoms with E-state index in [4.69, 9.17) is 5.73 Å². The molecule has 4 rings (SSSR count). The smallest absolute Gasteiger partial charge is 0.251 e. The fourth-order valence-electron chi connectivity index (χ4n) is 5.35. The lowest BCUT2D eigenvalue weighted by molar-refractivity contribution is -0.142. The lowest BCUT2D eigenvalue weighted by atomic mass is 9.91. The molecule has 236 valence electrons. The van der Waals surface area contributed by atoms with Crippen molar-refractivity contribution in [3.8, 4) is 0 Å². The molecule has 0 aliphatic carbocycles. The second-order valence-electron chi connectivity index (χ2n) is 12.1. The average molecular weight is 629 g/mol. The van der Waals surface area contributed by atoms with Gasteiger partial charge in [0.15, 0.2) is 0 Å². The van der Waals surface area contributed by atoms with Gasteiger partial charge in [0, 0.05) is 29.8 Å². The monoisotopic (exact) mass is 628 g/mol. The molecule has 0 fully saturated rings. The van der Waals surface area contributed by atoms with Crippen molar-refractivity contribution < 1.29 is 23.7 Å². The number of carbonyl (C=O) groups excluding carboxylic acids is 3. The Hall–Kier alpha value is -4.41. The van der Waals surface area contributed by atoms with E-state index in [0.29, 0.717) is 16.6 Å². The number of aliphatic hydroxyl groups excluding tert-OH is 1. The number of hydrogen-bond acceptors (Lipinski definition) is 6. The van der Waals surface area contributed by atoms with E-state index in [1.165, 1.54) is 11.8 Å². The summed E-state index contributed by atoms with van der Waals surface area (Å²) in [6.45, 7) is 6.93. The molecular formula is C35H40N4O5S. The van der Waals surface area contributed by atoms with Gasteiger partial charge in [-0.2, -0.15) is 0 Å². The minimum absolute atomic E-state index is 0.00974. The maximum Gasteiger partial charge on any atom is 0.251 e. The molecule has 10 heteroatoms. The average Bonchev–Trinajstić information content (AvgIpc) is 2.99. The van der Waals surface area contributed by atoms with Gasteiger partial charge in [-0.15, -0.1) is 0 Å². The Balaban J connectivity index is 1.69. The first-order valence-electron chi connectivity index (χ1n) is 14.8. The molecule has 1 aromatic heterocycles. The standard InChI is InChI=1S/C35H40N4O5S/c1-23(40)39(30(33(36)42)22-45(44)32-19-18-25-14-9-11-17-28(25)37-32)29(20-24-12-6-5-7-13-24)31(41)21-26-15-8-10-16-27(26)34(43)38-35(2,3)4/h5-19,29-31,41H,20-22H2,1-4H3,(H2,36,42)(H,38,43)/t29-,30+,31+,45?/m0/s1. The van der Waals surface area contributed by atoms with Crippen LogP contribution in [0, 0.1) is 0 Å². The van der Waals surface area contributed by atoms with E-state index >= 15 is 0 Å². The molecular weight excluding hydrogens is 588 g/mol. The summed E-state index contributed by atoms with van der Waals surface area (Å²) in [4.78, 5) is 45.2. The highest BCUT2D eigenvalue weighted by atomic mass is 32.2. The number of para-hydroxylation sites is 1. The van der Waals surface area contributed by atoms with Crippen molar-refractivity contribution in [2.24, 2.45) is 5.73 Å². The first-order valence-corrected chi connectivity index (χ1v) is 16.1. The molecule has 45 heavy (non-hydrogen) atoms. The van der Waals surface area contributed by atoms with Crippen molar-refractivity contribution in [2.45, 2.75) is 69.3 Å². The molecule has 3 aromatic carbocycles. The Morgan fingerprint density at radius 3 is 2.22 bits per heavy atom. The molecule has 1 unspecified atom stereocenters. The van der Waals surface area contributed by atoms with E-state index in [-0.39, 0.29) is 29.5 Å². The number of pyridine rings is 1. The Bertz CT molecular complexity index is 1690. The van der Waals surface area contributed by atoms with Crippen LogP contribution < -0.4 is 11.1 Å². The van der Waals surface area contributed by atoms with Gasteiger partial charge in [-0.3, -0.25) is 18.6 Å². The maximum atomic E-state index is 13.6. The molecule has 0 saturated heterocycles. The van der Waals surface area contributed by atoms with E-state index in [0.717, 1.165) is 10.9 Å². The van der Waals surface area contributed by atoms with Crippen LogP contribution in [-0.2, 0) is 33.2 Å². The summed E-state index contributed by atoms with van der Waals surface area (Å²) in [6.07, 6.45) is -1.02. The van der Waals surface area contributed by atoms with Crippen LogP contribution in [0.15, 0.2) is 96.0 Å². The summed E-state index contributed by atoms with van der Waals surface area (Å²) in [5.74, 6) is -1.96. The fraction of sp³-hybridized carbons (Fsp3) is 0.314. The van der Waals surface area contributed by atoms with Crippen LogP contribution in [0.1, 0.15) is 49.2 Å². The van der Waals surface area contributed by atoms with Crippen LogP contribution in [0.5, 0.6) is 0 Å². The van der Waals surface area contributed by atoms with Crippen molar-refractivity contribution in [3.05, 3.63) is 108 Å².